The molecule has 30 heavy (non-hydrogen) atoms. The fourth-order valence-electron chi connectivity index (χ4n) is 3.03. The first-order chi connectivity index (χ1) is 14.6. The van der Waals surface area contributed by atoms with Crippen molar-refractivity contribution in [1.82, 2.24) is 14.3 Å². The zero-order valence-electron chi connectivity index (χ0n) is 16.0. The first-order valence-corrected chi connectivity index (χ1v) is 10.7. The van der Waals surface area contributed by atoms with Crippen LogP contribution in [0.3, 0.4) is 0 Å². The van der Waals surface area contributed by atoms with E-state index in [-0.39, 0.29) is 22.4 Å². The molecule has 2 aromatic heterocycles. The minimum atomic E-state index is -3.58. The van der Waals surface area contributed by atoms with Crippen LogP contribution in [0.5, 0.6) is 0 Å². The van der Waals surface area contributed by atoms with Gasteiger partial charge in [0.15, 0.2) is 0 Å². The average Bonchev–Trinajstić information content (AvgIpc) is 3.22. The average molecular weight is 425 g/mol. The Hall–Kier alpha value is -3.26. The van der Waals surface area contributed by atoms with Gasteiger partial charge in [-0.05, 0) is 35.9 Å². The summed E-state index contributed by atoms with van der Waals surface area (Å²) in [4.78, 5) is 8.44. The molecule has 0 atom stereocenters. The van der Waals surface area contributed by atoms with E-state index in [1.54, 1.807) is 24.5 Å². The van der Waals surface area contributed by atoms with Crippen molar-refractivity contribution in [3.8, 4) is 17.5 Å². The molecule has 1 saturated heterocycles. The second-order valence-corrected chi connectivity index (χ2v) is 8.50. The number of nitrogens with one attached hydrogen (secondary N) is 1. The second kappa shape index (κ2) is 8.62. The van der Waals surface area contributed by atoms with Crippen LogP contribution in [0, 0.1) is 11.3 Å². The fraction of sp³-hybridized carbons (Fsp3) is 0.250. The number of hydrogen-bond acceptors (Lipinski definition) is 8. The van der Waals surface area contributed by atoms with Crippen LogP contribution in [-0.2, 0) is 21.3 Å². The fourth-order valence-corrected chi connectivity index (χ4v) is 4.44. The van der Waals surface area contributed by atoms with E-state index in [0.29, 0.717) is 38.4 Å². The largest absolute Gasteiger partial charge is 0.419 e. The number of oxazole rings is 1. The first kappa shape index (κ1) is 20.0. The van der Waals surface area contributed by atoms with E-state index in [1.165, 1.54) is 16.4 Å². The Morgan fingerprint density at radius 1 is 1.17 bits per heavy atom. The number of anilines is 1. The van der Waals surface area contributed by atoms with Crippen LogP contribution in [0.2, 0.25) is 0 Å². The van der Waals surface area contributed by atoms with Crippen LogP contribution < -0.4 is 5.32 Å². The summed E-state index contributed by atoms with van der Waals surface area (Å²) >= 11 is 0. The Bertz CT molecular complexity index is 1150. The number of hydrogen-bond donors (Lipinski definition) is 1. The molecule has 154 valence electrons. The molecule has 4 rings (SSSR count). The summed E-state index contributed by atoms with van der Waals surface area (Å²) in [6, 6.07) is 12.0. The molecule has 10 heteroatoms. The van der Waals surface area contributed by atoms with Crippen molar-refractivity contribution in [3.63, 3.8) is 0 Å². The van der Waals surface area contributed by atoms with Crippen LogP contribution in [0.1, 0.15) is 11.3 Å². The van der Waals surface area contributed by atoms with Crippen molar-refractivity contribution >= 4 is 15.9 Å². The summed E-state index contributed by atoms with van der Waals surface area (Å²) in [7, 11) is -3.58. The highest BCUT2D eigenvalue weighted by Crippen LogP contribution is 2.27. The van der Waals surface area contributed by atoms with E-state index in [1.807, 2.05) is 18.2 Å². The quantitative estimate of drug-likeness (QED) is 0.638. The minimum absolute atomic E-state index is 0.124. The summed E-state index contributed by atoms with van der Waals surface area (Å²) < 4.78 is 37.8. The number of nitriles is 1. The minimum Gasteiger partial charge on any atom is -0.419 e. The summed E-state index contributed by atoms with van der Waals surface area (Å²) in [6.45, 7) is 1.87. The molecule has 1 fully saturated rings. The molecule has 1 aliphatic heterocycles. The molecule has 1 aliphatic rings. The van der Waals surface area contributed by atoms with Crippen molar-refractivity contribution in [2.24, 2.45) is 0 Å². The van der Waals surface area contributed by atoms with E-state index in [9.17, 15) is 13.7 Å². The number of ether oxygens (including phenoxy) is 1. The molecule has 3 aromatic rings. The third kappa shape index (κ3) is 4.18. The lowest BCUT2D eigenvalue weighted by atomic mass is 10.2. The third-order valence-corrected chi connectivity index (χ3v) is 6.53. The Morgan fingerprint density at radius 2 is 1.93 bits per heavy atom. The van der Waals surface area contributed by atoms with Crippen LogP contribution in [0.25, 0.3) is 11.5 Å². The smallest absolute Gasteiger partial charge is 0.243 e. The number of pyridine rings is 1. The number of sulfonamides is 1. The van der Waals surface area contributed by atoms with Gasteiger partial charge in [0.25, 0.3) is 0 Å². The Labute approximate surface area is 174 Å². The lowest BCUT2D eigenvalue weighted by Crippen LogP contribution is -2.40. The number of rotatable bonds is 6. The van der Waals surface area contributed by atoms with Crippen LogP contribution in [0.15, 0.2) is 58.1 Å². The van der Waals surface area contributed by atoms with Crippen molar-refractivity contribution in [1.29, 1.82) is 5.26 Å². The Morgan fingerprint density at radius 3 is 2.60 bits per heavy atom. The second-order valence-electron chi connectivity index (χ2n) is 6.56. The maximum atomic E-state index is 12.7. The van der Waals surface area contributed by atoms with Crippen LogP contribution in [-0.4, -0.2) is 49.0 Å². The normalized spacial score (nSPS) is 14.9. The number of aromatic nitrogens is 2. The summed E-state index contributed by atoms with van der Waals surface area (Å²) in [5.41, 5.74) is 1.62. The van der Waals surface area contributed by atoms with Crippen LogP contribution in [0.4, 0.5) is 5.88 Å². The van der Waals surface area contributed by atoms with Gasteiger partial charge in [0, 0.05) is 37.6 Å². The molecule has 0 saturated carbocycles. The van der Waals surface area contributed by atoms with Gasteiger partial charge in [-0.3, -0.25) is 4.98 Å². The molecular formula is C20H19N5O4S. The van der Waals surface area contributed by atoms with E-state index < -0.39 is 10.0 Å². The lowest BCUT2D eigenvalue weighted by Gasteiger charge is -2.26. The molecule has 3 heterocycles. The van der Waals surface area contributed by atoms with E-state index in [2.05, 4.69) is 15.3 Å². The maximum Gasteiger partial charge on any atom is 0.243 e. The summed E-state index contributed by atoms with van der Waals surface area (Å²) in [5.74, 6) is 0.483. The molecule has 0 spiro atoms. The predicted molar refractivity (Wildman–Crippen MR) is 108 cm³/mol. The molecule has 0 amide bonds. The maximum absolute atomic E-state index is 12.7. The topological polar surface area (TPSA) is 121 Å². The number of nitrogens with zero attached hydrogens (tertiary/aromatic N) is 4. The van der Waals surface area contributed by atoms with Crippen molar-refractivity contribution in [2.75, 3.05) is 31.6 Å². The third-order valence-electron chi connectivity index (χ3n) is 4.62. The number of morpholine rings is 1. The van der Waals surface area contributed by atoms with Crippen LogP contribution >= 0.6 is 0 Å². The lowest BCUT2D eigenvalue weighted by molar-refractivity contribution is 0.0730. The highest BCUT2D eigenvalue weighted by atomic mass is 32.2. The molecule has 0 unspecified atom stereocenters. The molecule has 9 nitrogen and oxygen atoms in total. The summed E-state index contributed by atoms with van der Waals surface area (Å²) in [6.07, 6.45) is 3.39. The van der Waals surface area contributed by atoms with E-state index in [4.69, 9.17) is 9.15 Å². The van der Waals surface area contributed by atoms with E-state index in [0.717, 1.165) is 5.56 Å². The standard InChI is InChI=1S/C20H19N5O4S/c21-12-18-20(23-14-15-2-1-7-22-13-15)29-19(24-18)16-3-5-17(6-4-16)30(26,27)25-8-10-28-11-9-25/h1-7,13,23H,8-11,14H2. The first-order valence-electron chi connectivity index (χ1n) is 9.30. The van der Waals surface area contributed by atoms with Gasteiger partial charge < -0.3 is 14.5 Å². The van der Waals surface area contributed by atoms with Crippen molar-refractivity contribution < 1.29 is 17.6 Å². The van der Waals surface area contributed by atoms with Gasteiger partial charge in [-0.1, -0.05) is 6.07 Å². The molecule has 0 aliphatic carbocycles. The molecule has 0 bridgehead atoms. The Balaban J connectivity index is 1.53. The van der Waals surface area contributed by atoms with Gasteiger partial charge in [-0.15, -0.1) is 0 Å². The Kier molecular flexibility index (Phi) is 5.76. The van der Waals surface area contributed by atoms with Gasteiger partial charge in [-0.2, -0.15) is 14.6 Å². The zero-order valence-corrected chi connectivity index (χ0v) is 16.8. The van der Waals surface area contributed by atoms with Gasteiger partial charge in [0.05, 0.1) is 18.1 Å². The zero-order chi connectivity index (χ0) is 21.0. The molecule has 1 N–H and O–H groups in total. The van der Waals surface area contributed by atoms with Gasteiger partial charge in [0.1, 0.15) is 6.07 Å². The molecule has 1 aromatic carbocycles. The molecule has 0 radical (unpaired) electrons. The van der Waals surface area contributed by atoms with Crippen molar-refractivity contribution in [2.45, 2.75) is 11.4 Å². The van der Waals surface area contributed by atoms with Gasteiger partial charge >= 0.3 is 0 Å². The van der Waals surface area contributed by atoms with Gasteiger partial charge in [0.2, 0.25) is 27.5 Å². The van der Waals surface area contributed by atoms with E-state index >= 15 is 0 Å². The highest BCUT2D eigenvalue weighted by Gasteiger charge is 2.26. The SMILES string of the molecule is N#Cc1nc(-c2ccc(S(=O)(=O)N3CCOCC3)cc2)oc1NCc1cccnc1. The van der Waals surface area contributed by atoms with Gasteiger partial charge in [-0.25, -0.2) is 8.42 Å². The van der Waals surface area contributed by atoms with Crippen molar-refractivity contribution in [3.05, 3.63) is 60.0 Å². The number of benzene rings is 1. The summed E-state index contributed by atoms with van der Waals surface area (Å²) in [5, 5.41) is 12.4. The molecular weight excluding hydrogens is 406 g/mol. The monoisotopic (exact) mass is 425 g/mol. The predicted octanol–water partition coefficient (Wildman–Crippen LogP) is 2.24. The highest BCUT2D eigenvalue weighted by molar-refractivity contribution is 7.89.